The lowest BCUT2D eigenvalue weighted by atomic mass is 10.2. The van der Waals surface area contributed by atoms with E-state index in [1.807, 2.05) is 4.90 Å². The molecule has 1 saturated heterocycles. The van der Waals surface area contributed by atoms with Crippen molar-refractivity contribution < 1.29 is 22.0 Å². The zero-order chi connectivity index (χ0) is 22.2. The first-order valence-electron chi connectivity index (χ1n) is 9.69. The molecule has 3 aromatic rings. The quantitative estimate of drug-likeness (QED) is 0.622. The number of rotatable bonds is 5. The SMILES string of the molecule is CC(C(=O)Nc1ccc(F)c(F)c1)N1CCN(S(=O)(=O)c2c[nH]c3ncccc23)CC1. The van der Waals surface area contributed by atoms with Crippen LogP contribution in [0.3, 0.4) is 0 Å². The first kappa shape index (κ1) is 21.3. The van der Waals surface area contributed by atoms with Gasteiger partial charge in [0.05, 0.1) is 6.04 Å². The van der Waals surface area contributed by atoms with Gasteiger partial charge in [-0.3, -0.25) is 9.69 Å². The molecule has 4 rings (SSSR count). The summed E-state index contributed by atoms with van der Waals surface area (Å²) in [5.41, 5.74) is 0.659. The summed E-state index contributed by atoms with van der Waals surface area (Å²) < 4.78 is 54.0. The van der Waals surface area contributed by atoms with Crippen molar-refractivity contribution >= 4 is 32.7 Å². The molecule has 1 aliphatic rings. The van der Waals surface area contributed by atoms with Crippen molar-refractivity contribution in [3.05, 3.63) is 54.4 Å². The standard InChI is InChI=1S/C20H21F2N5O3S/c1-13(20(28)25-14-4-5-16(21)17(22)11-14)26-7-9-27(10-8-26)31(29,30)18-12-24-19-15(18)3-2-6-23-19/h2-6,11-13H,7-10H2,1H3,(H,23,24)(H,25,28). The van der Waals surface area contributed by atoms with Gasteiger partial charge in [-0.05, 0) is 31.2 Å². The fraction of sp³-hybridized carbons (Fsp3) is 0.300. The lowest BCUT2D eigenvalue weighted by Gasteiger charge is -2.36. The second-order valence-corrected chi connectivity index (χ2v) is 9.19. The molecule has 0 saturated carbocycles. The Bertz CT molecular complexity index is 1220. The number of fused-ring (bicyclic) bond motifs is 1. The maximum absolute atomic E-state index is 13.3. The number of anilines is 1. The van der Waals surface area contributed by atoms with Crippen LogP contribution < -0.4 is 5.32 Å². The van der Waals surface area contributed by atoms with Crippen LogP contribution in [0.2, 0.25) is 0 Å². The largest absolute Gasteiger partial charge is 0.345 e. The zero-order valence-corrected chi connectivity index (χ0v) is 17.5. The lowest BCUT2D eigenvalue weighted by molar-refractivity contribution is -0.121. The van der Waals surface area contributed by atoms with Gasteiger partial charge in [-0.25, -0.2) is 22.2 Å². The maximum atomic E-state index is 13.3. The van der Waals surface area contributed by atoms with E-state index in [4.69, 9.17) is 0 Å². The molecule has 0 bridgehead atoms. The van der Waals surface area contributed by atoms with Crippen LogP contribution in [-0.2, 0) is 14.8 Å². The Morgan fingerprint density at radius 3 is 2.61 bits per heavy atom. The number of hydrogen-bond acceptors (Lipinski definition) is 5. The minimum absolute atomic E-state index is 0.157. The van der Waals surface area contributed by atoms with E-state index in [9.17, 15) is 22.0 Å². The summed E-state index contributed by atoms with van der Waals surface area (Å²) in [7, 11) is -3.71. The smallest absolute Gasteiger partial charge is 0.245 e. The highest BCUT2D eigenvalue weighted by Crippen LogP contribution is 2.25. The van der Waals surface area contributed by atoms with Crippen molar-refractivity contribution in [1.29, 1.82) is 0 Å². The molecule has 8 nitrogen and oxygen atoms in total. The van der Waals surface area contributed by atoms with Gasteiger partial charge in [-0.15, -0.1) is 0 Å². The Balaban J connectivity index is 1.40. The number of carbonyl (C=O) groups is 1. The van der Waals surface area contributed by atoms with E-state index in [1.54, 1.807) is 25.3 Å². The first-order valence-corrected chi connectivity index (χ1v) is 11.1. The summed E-state index contributed by atoms with van der Waals surface area (Å²) in [6.45, 7) is 2.83. The first-order chi connectivity index (χ1) is 14.8. The highest BCUT2D eigenvalue weighted by molar-refractivity contribution is 7.89. The van der Waals surface area contributed by atoms with E-state index in [0.29, 0.717) is 24.1 Å². The number of nitrogens with zero attached hydrogens (tertiary/aromatic N) is 3. The number of aromatic amines is 1. The number of carbonyl (C=O) groups excluding carboxylic acids is 1. The van der Waals surface area contributed by atoms with E-state index in [-0.39, 0.29) is 29.6 Å². The molecule has 1 amide bonds. The highest BCUT2D eigenvalue weighted by atomic mass is 32.2. The third kappa shape index (κ3) is 4.16. The molecule has 11 heteroatoms. The van der Waals surface area contributed by atoms with E-state index >= 15 is 0 Å². The number of H-pyrrole nitrogens is 1. The summed E-state index contributed by atoms with van der Waals surface area (Å²) in [6.07, 6.45) is 3.03. The molecule has 31 heavy (non-hydrogen) atoms. The topological polar surface area (TPSA) is 98.4 Å². The van der Waals surface area contributed by atoms with E-state index in [2.05, 4.69) is 15.3 Å². The average molecular weight is 449 g/mol. The molecule has 0 aliphatic carbocycles. The number of benzene rings is 1. The monoisotopic (exact) mass is 449 g/mol. The molecule has 0 radical (unpaired) electrons. The van der Waals surface area contributed by atoms with Crippen molar-refractivity contribution in [1.82, 2.24) is 19.2 Å². The predicted octanol–water partition coefficient (Wildman–Crippen LogP) is 2.17. The van der Waals surface area contributed by atoms with Crippen LogP contribution in [-0.4, -0.2) is 65.7 Å². The Morgan fingerprint density at radius 2 is 1.90 bits per heavy atom. The molecule has 1 unspecified atom stereocenters. The van der Waals surface area contributed by atoms with Gasteiger partial charge >= 0.3 is 0 Å². The van der Waals surface area contributed by atoms with Gasteiger partial charge in [0.15, 0.2) is 11.6 Å². The Morgan fingerprint density at radius 1 is 1.16 bits per heavy atom. The van der Waals surface area contributed by atoms with Crippen LogP contribution in [0, 0.1) is 11.6 Å². The van der Waals surface area contributed by atoms with Gasteiger partial charge in [0.1, 0.15) is 10.5 Å². The minimum atomic E-state index is -3.71. The fourth-order valence-electron chi connectivity index (χ4n) is 3.60. The Kier molecular flexibility index (Phi) is 5.73. The Hall–Kier alpha value is -2.89. The number of halogens is 2. The van der Waals surface area contributed by atoms with Gasteiger partial charge < -0.3 is 10.3 Å². The van der Waals surface area contributed by atoms with Crippen LogP contribution in [0.1, 0.15) is 6.92 Å². The summed E-state index contributed by atoms with van der Waals surface area (Å²) in [6, 6.07) is 5.95. The van der Waals surface area contributed by atoms with Crippen LogP contribution in [0.4, 0.5) is 14.5 Å². The number of nitrogens with one attached hydrogen (secondary N) is 2. The summed E-state index contributed by atoms with van der Waals surface area (Å²) >= 11 is 0. The third-order valence-electron chi connectivity index (χ3n) is 5.42. The lowest BCUT2D eigenvalue weighted by Crippen LogP contribution is -2.53. The normalized spacial score (nSPS) is 17.0. The molecule has 1 aromatic carbocycles. The van der Waals surface area contributed by atoms with Crippen molar-refractivity contribution in [3.8, 4) is 0 Å². The summed E-state index contributed by atoms with van der Waals surface area (Å²) in [5, 5.41) is 3.09. The zero-order valence-electron chi connectivity index (χ0n) is 16.7. The summed E-state index contributed by atoms with van der Waals surface area (Å²) in [4.78, 5) is 21.5. The molecule has 1 fully saturated rings. The van der Waals surface area contributed by atoms with Gasteiger partial charge in [-0.1, -0.05) is 0 Å². The van der Waals surface area contributed by atoms with Crippen LogP contribution in [0.5, 0.6) is 0 Å². The van der Waals surface area contributed by atoms with Gasteiger partial charge in [0.25, 0.3) is 0 Å². The van der Waals surface area contributed by atoms with Gasteiger partial charge in [-0.2, -0.15) is 4.31 Å². The summed E-state index contributed by atoms with van der Waals surface area (Å²) in [5.74, 6) is -2.42. The molecule has 2 N–H and O–H groups in total. The molecular weight excluding hydrogens is 428 g/mol. The molecule has 164 valence electrons. The van der Waals surface area contributed by atoms with Crippen LogP contribution >= 0.6 is 0 Å². The predicted molar refractivity (Wildman–Crippen MR) is 111 cm³/mol. The highest BCUT2D eigenvalue weighted by Gasteiger charge is 2.33. The average Bonchev–Trinajstić information content (AvgIpc) is 3.21. The second kappa shape index (κ2) is 8.33. The molecule has 3 heterocycles. The van der Waals surface area contributed by atoms with Crippen molar-refractivity contribution in [2.75, 3.05) is 31.5 Å². The van der Waals surface area contributed by atoms with Crippen LogP contribution in [0.15, 0.2) is 47.6 Å². The number of amides is 1. The number of sulfonamides is 1. The number of piperazine rings is 1. The van der Waals surface area contributed by atoms with Gasteiger partial charge in [0, 0.05) is 55.7 Å². The minimum Gasteiger partial charge on any atom is -0.345 e. The molecule has 1 atom stereocenters. The molecule has 1 aliphatic heterocycles. The van der Waals surface area contributed by atoms with E-state index < -0.39 is 27.7 Å². The molecular formula is C20H21F2N5O3S. The molecule has 2 aromatic heterocycles. The van der Waals surface area contributed by atoms with Gasteiger partial charge in [0.2, 0.25) is 15.9 Å². The second-order valence-electron chi connectivity index (χ2n) is 7.29. The fourth-order valence-corrected chi connectivity index (χ4v) is 5.17. The van der Waals surface area contributed by atoms with E-state index in [1.165, 1.54) is 16.6 Å². The van der Waals surface area contributed by atoms with Crippen molar-refractivity contribution in [3.63, 3.8) is 0 Å². The number of aromatic nitrogens is 2. The maximum Gasteiger partial charge on any atom is 0.245 e. The number of hydrogen-bond donors (Lipinski definition) is 2. The number of pyridine rings is 1. The third-order valence-corrected chi connectivity index (χ3v) is 7.36. The van der Waals surface area contributed by atoms with Crippen molar-refractivity contribution in [2.24, 2.45) is 0 Å². The molecule has 0 spiro atoms. The van der Waals surface area contributed by atoms with Crippen molar-refractivity contribution in [2.45, 2.75) is 17.9 Å². The van der Waals surface area contributed by atoms with E-state index in [0.717, 1.165) is 12.1 Å². The van der Waals surface area contributed by atoms with Crippen LogP contribution in [0.25, 0.3) is 11.0 Å². The Labute approximate surface area is 177 Å².